The van der Waals surface area contributed by atoms with Gasteiger partial charge in [0.05, 0.1) is 6.61 Å². The van der Waals surface area contributed by atoms with Gasteiger partial charge < -0.3 is 9.64 Å². The van der Waals surface area contributed by atoms with Crippen LogP contribution in [0.2, 0.25) is 0 Å². The third-order valence-electron chi connectivity index (χ3n) is 3.02. The molecule has 0 amide bonds. The topological polar surface area (TPSA) is 12.5 Å². The number of alkyl halides is 1. The highest BCUT2D eigenvalue weighted by molar-refractivity contribution is 5.85. The molecule has 0 aliphatic carbocycles. The number of benzene rings is 2. The number of rotatable bonds is 6. The second kappa shape index (κ2) is 6.36. The molecular weight excluding hydrogens is 229 g/mol. The van der Waals surface area contributed by atoms with Gasteiger partial charge in [0.1, 0.15) is 6.67 Å². The Morgan fingerprint density at radius 3 is 2.56 bits per heavy atom. The van der Waals surface area contributed by atoms with Gasteiger partial charge in [-0.05, 0) is 22.9 Å². The van der Waals surface area contributed by atoms with E-state index in [1.54, 1.807) is 7.11 Å². The van der Waals surface area contributed by atoms with E-state index >= 15 is 0 Å². The fourth-order valence-electron chi connectivity index (χ4n) is 2.05. The van der Waals surface area contributed by atoms with Gasteiger partial charge in [-0.2, -0.15) is 0 Å². The van der Waals surface area contributed by atoms with Crippen LogP contribution in [0.3, 0.4) is 0 Å². The van der Waals surface area contributed by atoms with Crippen LogP contribution in [0.5, 0.6) is 0 Å². The van der Waals surface area contributed by atoms with E-state index in [1.165, 1.54) is 10.8 Å². The first-order valence-corrected chi connectivity index (χ1v) is 6.14. The van der Waals surface area contributed by atoms with Crippen molar-refractivity contribution in [2.45, 2.75) is 0 Å². The average Bonchev–Trinajstić information content (AvgIpc) is 2.43. The molecule has 0 radical (unpaired) electrons. The standard InChI is InChI=1S/C15H18FNO/c1-18-11-10-17(9-8-16)15-7-6-13-4-2-3-5-14(13)12-15/h2-7,12H,8-11H2,1H3. The quantitative estimate of drug-likeness (QED) is 0.777. The van der Waals surface area contributed by atoms with Crippen LogP contribution in [0.1, 0.15) is 0 Å². The van der Waals surface area contributed by atoms with Crippen molar-refractivity contribution < 1.29 is 9.13 Å². The highest BCUT2D eigenvalue weighted by atomic mass is 19.1. The first-order chi connectivity index (χ1) is 8.85. The van der Waals surface area contributed by atoms with Gasteiger partial charge >= 0.3 is 0 Å². The summed E-state index contributed by atoms with van der Waals surface area (Å²) in [5.74, 6) is 0. The van der Waals surface area contributed by atoms with Gasteiger partial charge in [-0.3, -0.25) is 0 Å². The molecule has 0 saturated heterocycles. The normalized spacial score (nSPS) is 10.8. The van der Waals surface area contributed by atoms with Crippen LogP contribution in [0.4, 0.5) is 10.1 Å². The zero-order valence-electron chi connectivity index (χ0n) is 10.6. The molecule has 2 aromatic rings. The Balaban J connectivity index is 2.25. The summed E-state index contributed by atoms with van der Waals surface area (Å²) in [4.78, 5) is 2.01. The maximum Gasteiger partial charge on any atom is 0.107 e. The van der Waals surface area contributed by atoms with Crippen molar-refractivity contribution in [1.82, 2.24) is 0 Å². The Kier molecular flexibility index (Phi) is 4.53. The van der Waals surface area contributed by atoms with Crippen molar-refractivity contribution in [1.29, 1.82) is 0 Å². The fraction of sp³-hybridized carbons (Fsp3) is 0.333. The lowest BCUT2D eigenvalue weighted by molar-refractivity contribution is 0.204. The average molecular weight is 247 g/mol. The van der Waals surface area contributed by atoms with Crippen molar-refractivity contribution >= 4 is 16.5 Å². The summed E-state index contributed by atoms with van der Waals surface area (Å²) in [5, 5.41) is 2.38. The fourth-order valence-corrected chi connectivity index (χ4v) is 2.05. The maximum absolute atomic E-state index is 12.6. The van der Waals surface area contributed by atoms with E-state index < -0.39 is 0 Å². The lowest BCUT2D eigenvalue weighted by Crippen LogP contribution is -2.29. The molecule has 96 valence electrons. The zero-order chi connectivity index (χ0) is 12.8. The Morgan fingerprint density at radius 1 is 1.06 bits per heavy atom. The number of halogens is 1. The molecule has 0 unspecified atom stereocenters. The predicted octanol–water partition coefficient (Wildman–Crippen LogP) is 3.26. The molecular formula is C15H18FNO. The second-order valence-electron chi connectivity index (χ2n) is 4.20. The Labute approximate surface area is 107 Å². The molecule has 2 nitrogen and oxygen atoms in total. The van der Waals surface area contributed by atoms with Crippen LogP contribution in [-0.2, 0) is 4.74 Å². The molecule has 2 aromatic carbocycles. The number of hydrogen-bond acceptors (Lipinski definition) is 2. The SMILES string of the molecule is COCCN(CCF)c1ccc2ccccc2c1. The van der Waals surface area contributed by atoms with Gasteiger partial charge in [-0.25, -0.2) is 4.39 Å². The minimum Gasteiger partial charge on any atom is -0.383 e. The third-order valence-corrected chi connectivity index (χ3v) is 3.02. The molecule has 0 aromatic heterocycles. The van der Waals surface area contributed by atoms with Gasteiger partial charge in [0.2, 0.25) is 0 Å². The lowest BCUT2D eigenvalue weighted by atomic mass is 10.1. The molecule has 2 rings (SSSR count). The molecule has 0 aliphatic heterocycles. The maximum atomic E-state index is 12.6. The van der Waals surface area contributed by atoms with Gasteiger partial charge in [0.15, 0.2) is 0 Å². The lowest BCUT2D eigenvalue weighted by Gasteiger charge is -2.23. The minimum absolute atomic E-state index is 0.351. The van der Waals surface area contributed by atoms with Crippen LogP contribution in [0.15, 0.2) is 42.5 Å². The van der Waals surface area contributed by atoms with Gasteiger partial charge in [0.25, 0.3) is 0 Å². The predicted molar refractivity (Wildman–Crippen MR) is 74.0 cm³/mol. The molecule has 0 fully saturated rings. The summed E-state index contributed by atoms with van der Waals surface area (Å²) in [6.07, 6.45) is 0. The van der Waals surface area contributed by atoms with Gasteiger partial charge in [-0.1, -0.05) is 30.3 Å². The van der Waals surface area contributed by atoms with E-state index in [2.05, 4.69) is 24.3 Å². The number of fused-ring (bicyclic) bond motifs is 1. The number of ether oxygens (including phenoxy) is 1. The molecule has 0 spiro atoms. The molecule has 3 heteroatoms. The van der Waals surface area contributed by atoms with Crippen LogP contribution in [0, 0.1) is 0 Å². The van der Waals surface area contributed by atoms with Gasteiger partial charge in [0, 0.05) is 25.9 Å². The van der Waals surface area contributed by atoms with Crippen molar-refractivity contribution in [2.24, 2.45) is 0 Å². The smallest absolute Gasteiger partial charge is 0.107 e. The summed E-state index contributed by atoms with van der Waals surface area (Å²) >= 11 is 0. The van der Waals surface area contributed by atoms with Crippen molar-refractivity contribution in [3.63, 3.8) is 0 Å². The molecule has 0 bridgehead atoms. The minimum atomic E-state index is -0.351. The van der Waals surface area contributed by atoms with Crippen LogP contribution < -0.4 is 4.90 Å². The van der Waals surface area contributed by atoms with E-state index in [0.29, 0.717) is 19.7 Å². The molecule has 18 heavy (non-hydrogen) atoms. The van der Waals surface area contributed by atoms with E-state index in [1.807, 2.05) is 23.1 Å². The van der Waals surface area contributed by atoms with Gasteiger partial charge in [-0.15, -0.1) is 0 Å². The van der Waals surface area contributed by atoms with E-state index in [0.717, 1.165) is 5.69 Å². The number of anilines is 1. The first kappa shape index (κ1) is 12.8. The van der Waals surface area contributed by atoms with Crippen molar-refractivity contribution in [3.8, 4) is 0 Å². The largest absolute Gasteiger partial charge is 0.383 e. The molecule has 0 heterocycles. The van der Waals surface area contributed by atoms with E-state index in [-0.39, 0.29) is 6.67 Å². The second-order valence-corrected chi connectivity index (χ2v) is 4.20. The van der Waals surface area contributed by atoms with E-state index in [9.17, 15) is 4.39 Å². The zero-order valence-corrected chi connectivity index (χ0v) is 10.6. The van der Waals surface area contributed by atoms with Crippen LogP contribution in [-0.4, -0.2) is 33.5 Å². The Hall–Kier alpha value is -1.61. The molecule has 0 saturated carbocycles. The molecule has 0 N–H and O–H groups in total. The molecule has 0 aliphatic rings. The van der Waals surface area contributed by atoms with Crippen LogP contribution >= 0.6 is 0 Å². The monoisotopic (exact) mass is 247 g/mol. The van der Waals surface area contributed by atoms with E-state index in [4.69, 9.17) is 4.74 Å². The summed E-state index contributed by atoms with van der Waals surface area (Å²) in [6.45, 7) is 1.36. The van der Waals surface area contributed by atoms with Crippen molar-refractivity contribution in [3.05, 3.63) is 42.5 Å². The number of hydrogen-bond donors (Lipinski definition) is 0. The summed E-state index contributed by atoms with van der Waals surface area (Å²) in [6, 6.07) is 14.4. The Morgan fingerprint density at radius 2 is 1.83 bits per heavy atom. The first-order valence-electron chi connectivity index (χ1n) is 6.14. The highest BCUT2D eigenvalue weighted by Crippen LogP contribution is 2.21. The van der Waals surface area contributed by atoms with Crippen molar-refractivity contribution in [2.75, 3.05) is 38.4 Å². The highest BCUT2D eigenvalue weighted by Gasteiger charge is 2.06. The molecule has 0 atom stereocenters. The Bertz CT molecular complexity index is 501. The number of methoxy groups -OCH3 is 1. The summed E-state index contributed by atoms with van der Waals surface area (Å²) in [5.41, 5.74) is 1.04. The van der Waals surface area contributed by atoms with Crippen LogP contribution in [0.25, 0.3) is 10.8 Å². The number of nitrogens with zero attached hydrogens (tertiary/aromatic N) is 1. The summed E-state index contributed by atoms with van der Waals surface area (Å²) < 4.78 is 17.7. The third kappa shape index (κ3) is 2.99. The summed E-state index contributed by atoms with van der Waals surface area (Å²) in [7, 11) is 1.66.